The van der Waals surface area contributed by atoms with Crippen LogP contribution in [-0.4, -0.2) is 34.9 Å². The van der Waals surface area contributed by atoms with E-state index >= 15 is 0 Å². The Bertz CT molecular complexity index is 402. The Morgan fingerprint density at radius 3 is 2.94 bits per heavy atom. The SMILES string of the molecule is Cc1nc(C)c(C(=O)N2CCCC2CN)s1. The number of carbonyl (C=O) groups is 1. The first kappa shape index (κ1) is 11.5. The zero-order valence-corrected chi connectivity index (χ0v) is 10.5. The Morgan fingerprint density at radius 1 is 1.62 bits per heavy atom. The molecule has 1 fully saturated rings. The molecule has 4 nitrogen and oxygen atoms in total. The Labute approximate surface area is 99.5 Å². The lowest BCUT2D eigenvalue weighted by molar-refractivity contribution is 0.0745. The zero-order valence-electron chi connectivity index (χ0n) is 9.69. The third kappa shape index (κ3) is 1.97. The molecule has 16 heavy (non-hydrogen) atoms. The van der Waals surface area contributed by atoms with Crippen molar-refractivity contribution in [3.8, 4) is 0 Å². The molecule has 2 rings (SSSR count). The third-order valence-corrected chi connectivity index (χ3v) is 4.07. The van der Waals surface area contributed by atoms with Crippen LogP contribution in [0.4, 0.5) is 0 Å². The van der Waals surface area contributed by atoms with Crippen molar-refractivity contribution < 1.29 is 4.79 Å². The van der Waals surface area contributed by atoms with Crippen LogP contribution in [0.25, 0.3) is 0 Å². The standard InChI is InChI=1S/C11H17N3OS/c1-7-10(16-8(2)13-7)11(15)14-5-3-4-9(14)6-12/h9H,3-6,12H2,1-2H3. The van der Waals surface area contributed by atoms with Gasteiger partial charge in [0, 0.05) is 19.1 Å². The lowest BCUT2D eigenvalue weighted by atomic mass is 10.2. The number of thiazole rings is 1. The second-order valence-electron chi connectivity index (χ2n) is 4.18. The number of nitrogens with zero attached hydrogens (tertiary/aromatic N) is 2. The molecule has 1 amide bonds. The smallest absolute Gasteiger partial charge is 0.266 e. The maximum Gasteiger partial charge on any atom is 0.266 e. The van der Waals surface area contributed by atoms with Crippen LogP contribution < -0.4 is 5.73 Å². The van der Waals surface area contributed by atoms with E-state index in [0.29, 0.717) is 6.54 Å². The number of aromatic nitrogens is 1. The van der Waals surface area contributed by atoms with Crippen LogP contribution in [0.2, 0.25) is 0 Å². The van der Waals surface area contributed by atoms with Gasteiger partial charge >= 0.3 is 0 Å². The highest BCUT2D eigenvalue weighted by molar-refractivity contribution is 7.13. The fraction of sp³-hybridized carbons (Fsp3) is 0.636. The number of hydrogen-bond acceptors (Lipinski definition) is 4. The molecule has 0 bridgehead atoms. The van der Waals surface area contributed by atoms with E-state index in [2.05, 4.69) is 4.98 Å². The van der Waals surface area contributed by atoms with Crippen molar-refractivity contribution in [1.82, 2.24) is 9.88 Å². The van der Waals surface area contributed by atoms with E-state index in [-0.39, 0.29) is 11.9 Å². The molecular weight excluding hydrogens is 222 g/mol. The van der Waals surface area contributed by atoms with Gasteiger partial charge in [0.1, 0.15) is 4.88 Å². The minimum absolute atomic E-state index is 0.107. The first-order valence-electron chi connectivity index (χ1n) is 5.58. The highest BCUT2D eigenvalue weighted by atomic mass is 32.1. The lowest BCUT2D eigenvalue weighted by Gasteiger charge is -2.22. The normalized spacial score (nSPS) is 20.4. The quantitative estimate of drug-likeness (QED) is 0.847. The van der Waals surface area contributed by atoms with Crippen molar-refractivity contribution in [3.05, 3.63) is 15.6 Å². The van der Waals surface area contributed by atoms with Crippen molar-refractivity contribution >= 4 is 17.2 Å². The molecule has 1 saturated heterocycles. The van der Waals surface area contributed by atoms with E-state index in [9.17, 15) is 4.79 Å². The fourth-order valence-electron chi connectivity index (χ4n) is 2.21. The zero-order chi connectivity index (χ0) is 11.7. The molecule has 0 spiro atoms. The molecule has 2 heterocycles. The molecule has 0 saturated carbocycles. The van der Waals surface area contributed by atoms with Gasteiger partial charge in [-0.2, -0.15) is 0 Å². The topological polar surface area (TPSA) is 59.2 Å². The van der Waals surface area contributed by atoms with Gasteiger partial charge in [-0.15, -0.1) is 11.3 Å². The summed E-state index contributed by atoms with van der Waals surface area (Å²) < 4.78 is 0. The maximum absolute atomic E-state index is 12.3. The van der Waals surface area contributed by atoms with E-state index in [1.807, 2.05) is 18.7 Å². The number of carbonyl (C=O) groups excluding carboxylic acids is 1. The highest BCUT2D eigenvalue weighted by Gasteiger charge is 2.30. The van der Waals surface area contributed by atoms with Crippen molar-refractivity contribution in [3.63, 3.8) is 0 Å². The van der Waals surface area contributed by atoms with Crippen LogP contribution in [-0.2, 0) is 0 Å². The van der Waals surface area contributed by atoms with Crippen molar-refractivity contribution in [1.29, 1.82) is 0 Å². The summed E-state index contributed by atoms with van der Waals surface area (Å²) in [5.41, 5.74) is 6.52. The third-order valence-electron chi connectivity index (χ3n) is 3.01. The van der Waals surface area contributed by atoms with Crippen LogP contribution in [0.15, 0.2) is 0 Å². The summed E-state index contributed by atoms with van der Waals surface area (Å²) in [6.07, 6.45) is 2.09. The minimum atomic E-state index is 0.107. The van der Waals surface area contributed by atoms with Gasteiger partial charge in [-0.1, -0.05) is 0 Å². The second-order valence-corrected chi connectivity index (χ2v) is 5.38. The van der Waals surface area contributed by atoms with Gasteiger partial charge < -0.3 is 10.6 Å². The van der Waals surface area contributed by atoms with Crippen LogP contribution in [0.3, 0.4) is 0 Å². The van der Waals surface area contributed by atoms with Gasteiger partial charge in [0.2, 0.25) is 0 Å². The minimum Gasteiger partial charge on any atom is -0.334 e. The predicted octanol–water partition coefficient (Wildman–Crippen LogP) is 1.32. The maximum atomic E-state index is 12.3. The highest BCUT2D eigenvalue weighted by Crippen LogP contribution is 2.24. The summed E-state index contributed by atoms with van der Waals surface area (Å²) in [6, 6.07) is 0.217. The van der Waals surface area contributed by atoms with Crippen LogP contribution >= 0.6 is 11.3 Å². The van der Waals surface area contributed by atoms with Crippen molar-refractivity contribution in [2.45, 2.75) is 32.7 Å². The Balaban J connectivity index is 2.21. The molecule has 0 aliphatic carbocycles. The van der Waals surface area contributed by atoms with Crippen LogP contribution in [0.1, 0.15) is 33.2 Å². The van der Waals surface area contributed by atoms with Gasteiger partial charge in [0.15, 0.2) is 0 Å². The molecule has 1 aliphatic heterocycles. The second kappa shape index (κ2) is 4.51. The molecule has 1 unspecified atom stereocenters. The van der Waals surface area contributed by atoms with Crippen molar-refractivity contribution in [2.24, 2.45) is 5.73 Å². The summed E-state index contributed by atoms with van der Waals surface area (Å²) in [6.45, 7) is 5.21. The lowest BCUT2D eigenvalue weighted by Crippen LogP contribution is -2.39. The monoisotopic (exact) mass is 239 g/mol. The molecule has 88 valence electrons. The van der Waals surface area contributed by atoms with Gasteiger partial charge in [-0.3, -0.25) is 4.79 Å². The van der Waals surface area contributed by atoms with E-state index in [1.165, 1.54) is 11.3 Å². The first-order chi connectivity index (χ1) is 7.63. The molecule has 1 aromatic rings. The summed E-state index contributed by atoms with van der Waals surface area (Å²) in [5, 5.41) is 0.948. The molecule has 1 atom stereocenters. The van der Waals surface area contributed by atoms with Gasteiger partial charge in [0.25, 0.3) is 5.91 Å². The number of hydrogen-bond donors (Lipinski definition) is 1. The number of likely N-dealkylation sites (tertiary alicyclic amines) is 1. The summed E-state index contributed by atoms with van der Waals surface area (Å²) in [5.74, 6) is 0.107. The average molecular weight is 239 g/mol. The van der Waals surface area contributed by atoms with Gasteiger partial charge in [-0.25, -0.2) is 4.98 Å². The molecule has 2 N–H and O–H groups in total. The van der Waals surface area contributed by atoms with Crippen LogP contribution in [0, 0.1) is 13.8 Å². The summed E-state index contributed by atoms with van der Waals surface area (Å²) in [7, 11) is 0. The molecular formula is C11H17N3OS. The van der Waals surface area contributed by atoms with Gasteiger partial charge in [-0.05, 0) is 26.7 Å². The largest absolute Gasteiger partial charge is 0.334 e. The number of nitrogens with two attached hydrogens (primary N) is 1. The van der Waals surface area contributed by atoms with Crippen LogP contribution in [0.5, 0.6) is 0 Å². The van der Waals surface area contributed by atoms with Crippen molar-refractivity contribution in [2.75, 3.05) is 13.1 Å². The first-order valence-corrected chi connectivity index (χ1v) is 6.40. The van der Waals surface area contributed by atoms with Gasteiger partial charge in [0.05, 0.1) is 10.7 Å². The molecule has 1 aromatic heterocycles. The summed E-state index contributed by atoms with van der Waals surface area (Å²) in [4.78, 5) is 19.3. The van der Waals surface area contributed by atoms with E-state index in [1.54, 1.807) is 0 Å². The van der Waals surface area contributed by atoms with E-state index in [4.69, 9.17) is 5.73 Å². The number of rotatable bonds is 2. The molecule has 0 aromatic carbocycles. The Morgan fingerprint density at radius 2 is 2.38 bits per heavy atom. The van der Waals surface area contributed by atoms with E-state index < -0.39 is 0 Å². The molecule has 1 aliphatic rings. The molecule has 5 heteroatoms. The summed E-state index contributed by atoms with van der Waals surface area (Å²) >= 11 is 1.48. The average Bonchev–Trinajstić information content (AvgIpc) is 2.83. The number of amides is 1. The predicted molar refractivity (Wildman–Crippen MR) is 64.7 cm³/mol. The number of aryl methyl sites for hydroxylation is 2. The Hall–Kier alpha value is -0.940. The Kier molecular flexibility index (Phi) is 3.25. The fourth-order valence-corrected chi connectivity index (χ4v) is 3.08. The van der Waals surface area contributed by atoms with E-state index in [0.717, 1.165) is 35.0 Å². The molecule has 0 radical (unpaired) electrons.